The first kappa shape index (κ1) is 44.0. The fourth-order valence-electron chi connectivity index (χ4n) is 5.77. The fraction of sp³-hybridized carbons (Fsp3) is 0.656. The molecule has 0 unspecified atom stereocenters. The topological polar surface area (TPSA) is 285 Å². The standard InChI is InChI=1S/C32H53N8O11P/c1-6-7-8-9-13-39-15-12-34-26(39)17-23(30(45)37-24(18-41)31(46)38-27(28(33)43)20(4)51-52(48,49)50)35-29(44)22(16-19(2)3)36-32(47)25-11-10-14-40(25)21(5)42/h6,12,15,19-20,22-25,27,41H,1,7-11,13-14,16-18H2,2-5H3,(H2,33,43)(H,35,44)(H,36,47)(H,37,45)(H,38,46)(H2,48,49,50)/t20-,22+,23+,24+,25+,27+/m1/s1. The van der Waals surface area contributed by atoms with Gasteiger partial charge >= 0.3 is 7.82 Å². The summed E-state index contributed by atoms with van der Waals surface area (Å²) in [5.74, 6) is -4.48. The molecule has 1 fully saturated rings. The fourth-order valence-corrected chi connectivity index (χ4v) is 6.33. The monoisotopic (exact) mass is 756 g/mol. The minimum absolute atomic E-state index is 0.0807. The van der Waals surface area contributed by atoms with Gasteiger partial charge in [0.1, 0.15) is 36.0 Å². The first-order chi connectivity index (χ1) is 24.4. The highest BCUT2D eigenvalue weighted by atomic mass is 31.2. The number of nitrogens with zero attached hydrogens (tertiary/aromatic N) is 3. The van der Waals surface area contributed by atoms with Crippen LogP contribution in [0.25, 0.3) is 0 Å². The van der Waals surface area contributed by atoms with E-state index in [2.05, 4.69) is 37.4 Å². The predicted molar refractivity (Wildman–Crippen MR) is 186 cm³/mol. The number of nitrogens with one attached hydrogen (secondary N) is 4. The summed E-state index contributed by atoms with van der Waals surface area (Å²) in [6, 6.07) is -6.76. The Balaban J connectivity index is 2.36. The second kappa shape index (κ2) is 20.8. The second-order valence-corrected chi connectivity index (χ2v) is 14.3. The Morgan fingerprint density at radius 2 is 1.67 bits per heavy atom. The SMILES string of the molecule is C=CCCCCn1ccnc1C[C@H](NC(=O)[C@H](CC(C)C)NC(=O)[C@@H]1CCCN1C(C)=O)C(=O)N[C@@H](CO)C(=O)N[C@H](C(N)=O)[C@@H](C)OP(=O)(O)O. The molecule has 2 heterocycles. The number of nitrogens with two attached hydrogens (primary N) is 1. The number of hydrogen-bond donors (Lipinski definition) is 8. The first-order valence-corrected chi connectivity index (χ1v) is 18.6. The second-order valence-electron chi connectivity index (χ2n) is 13.1. The van der Waals surface area contributed by atoms with E-state index < -0.39 is 80.3 Å². The minimum atomic E-state index is -5.10. The average molecular weight is 757 g/mol. The van der Waals surface area contributed by atoms with Crippen LogP contribution in [0.2, 0.25) is 0 Å². The number of carbonyl (C=O) groups is 6. The van der Waals surface area contributed by atoms with Crippen LogP contribution in [0.5, 0.6) is 0 Å². The molecule has 1 saturated heterocycles. The quantitative estimate of drug-likeness (QED) is 0.0392. The molecule has 0 radical (unpaired) electrons. The van der Waals surface area contributed by atoms with Crippen LogP contribution >= 0.6 is 7.82 Å². The summed E-state index contributed by atoms with van der Waals surface area (Å²) in [4.78, 5) is 102. The molecule has 52 heavy (non-hydrogen) atoms. The van der Waals surface area contributed by atoms with Gasteiger partial charge in [-0.05, 0) is 51.4 Å². The summed E-state index contributed by atoms with van der Waals surface area (Å²) in [6.07, 6.45) is 6.89. The van der Waals surface area contributed by atoms with E-state index >= 15 is 0 Å². The first-order valence-electron chi connectivity index (χ1n) is 17.1. The van der Waals surface area contributed by atoms with Crippen LogP contribution in [0.4, 0.5) is 0 Å². The smallest absolute Gasteiger partial charge is 0.394 e. The third-order valence-corrected chi connectivity index (χ3v) is 8.98. The zero-order chi connectivity index (χ0) is 39.2. The van der Waals surface area contributed by atoms with E-state index in [1.807, 2.05) is 13.8 Å². The molecule has 0 spiro atoms. The molecule has 1 aliphatic rings. The summed E-state index contributed by atoms with van der Waals surface area (Å²) in [7, 11) is -5.10. The van der Waals surface area contributed by atoms with Crippen LogP contribution in [-0.2, 0) is 50.8 Å². The minimum Gasteiger partial charge on any atom is -0.394 e. The summed E-state index contributed by atoms with van der Waals surface area (Å²) < 4.78 is 17.6. The number of likely N-dealkylation sites (tertiary alicyclic amines) is 1. The van der Waals surface area contributed by atoms with Gasteiger partial charge in [-0.2, -0.15) is 0 Å². The van der Waals surface area contributed by atoms with Gasteiger partial charge in [0.05, 0.1) is 12.7 Å². The number of phosphoric acid groups is 1. The lowest BCUT2D eigenvalue weighted by Crippen LogP contribution is -2.61. The van der Waals surface area contributed by atoms with E-state index in [9.17, 15) is 38.4 Å². The third kappa shape index (κ3) is 14.1. The van der Waals surface area contributed by atoms with Gasteiger partial charge in [-0.25, -0.2) is 9.55 Å². The molecule has 1 aromatic rings. The van der Waals surface area contributed by atoms with Gasteiger partial charge in [0.25, 0.3) is 0 Å². The summed E-state index contributed by atoms with van der Waals surface area (Å²) in [6.45, 7) is 9.79. The zero-order valence-electron chi connectivity index (χ0n) is 30.0. The molecule has 2 rings (SSSR count). The Labute approximate surface area is 302 Å². The van der Waals surface area contributed by atoms with E-state index in [1.54, 1.807) is 16.8 Å². The lowest BCUT2D eigenvalue weighted by atomic mass is 10.0. The summed E-state index contributed by atoms with van der Waals surface area (Å²) in [5.41, 5.74) is 5.30. The number of phosphoric ester groups is 1. The van der Waals surface area contributed by atoms with Crippen molar-refractivity contribution in [1.29, 1.82) is 0 Å². The lowest BCUT2D eigenvalue weighted by Gasteiger charge is -2.28. The van der Waals surface area contributed by atoms with E-state index in [0.717, 1.165) is 26.2 Å². The molecule has 6 amide bonds. The van der Waals surface area contributed by atoms with Crippen LogP contribution in [0.1, 0.15) is 72.0 Å². The lowest BCUT2D eigenvalue weighted by molar-refractivity contribution is -0.139. The van der Waals surface area contributed by atoms with Gasteiger partial charge in [-0.1, -0.05) is 19.9 Å². The molecule has 1 aromatic heterocycles. The molecule has 9 N–H and O–H groups in total. The van der Waals surface area contributed by atoms with Crippen LogP contribution in [0.15, 0.2) is 25.0 Å². The van der Waals surface area contributed by atoms with Crippen molar-refractivity contribution in [2.75, 3.05) is 13.2 Å². The van der Waals surface area contributed by atoms with Crippen molar-refractivity contribution >= 4 is 43.3 Å². The average Bonchev–Trinajstić information content (AvgIpc) is 3.72. The summed E-state index contributed by atoms with van der Waals surface area (Å²) in [5, 5.41) is 19.9. The Morgan fingerprint density at radius 3 is 2.25 bits per heavy atom. The van der Waals surface area contributed by atoms with Crippen molar-refractivity contribution in [1.82, 2.24) is 35.7 Å². The van der Waals surface area contributed by atoms with Gasteiger partial charge in [0.15, 0.2) is 0 Å². The van der Waals surface area contributed by atoms with E-state index in [1.165, 1.54) is 18.0 Å². The maximum Gasteiger partial charge on any atom is 0.469 e. The molecule has 20 heteroatoms. The number of aryl methyl sites for hydroxylation is 1. The molecule has 1 aliphatic heterocycles. The van der Waals surface area contributed by atoms with Gasteiger partial charge in [-0.3, -0.25) is 33.3 Å². The molecule has 0 aromatic carbocycles. The number of aliphatic hydroxyl groups excluding tert-OH is 1. The highest BCUT2D eigenvalue weighted by molar-refractivity contribution is 7.46. The molecule has 292 valence electrons. The van der Waals surface area contributed by atoms with Gasteiger partial charge < -0.3 is 51.4 Å². The number of hydrogen-bond acceptors (Lipinski definition) is 10. The predicted octanol–water partition coefficient (Wildman–Crippen LogP) is -1.25. The number of allylic oxidation sites excluding steroid dienone is 1. The van der Waals surface area contributed by atoms with Crippen LogP contribution in [0.3, 0.4) is 0 Å². The van der Waals surface area contributed by atoms with Gasteiger partial charge in [0.2, 0.25) is 35.4 Å². The number of unbranched alkanes of at least 4 members (excludes halogenated alkanes) is 2. The van der Waals surface area contributed by atoms with Crippen molar-refractivity contribution < 1.29 is 52.7 Å². The molecule has 0 aliphatic carbocycles. The maximum absolute atomic E-state index is 13.8. The molecule has 0 saturated carbocycles. The molecular weight excluding hydrogens is 703 g/mol. The molecule has 6 atom stereocenters. The molecule has 19 nitrogen and oxygen atoms in total. The Morgan fingerprint density at radius 1 is 1.04 bits per heavy atom. The van der Waals surface area contributed by atoms with Crippen LogP contribution < -0.4 is 27.0 Å². The normalized spacial score (nSPS) is 17.4. The van der Waals surface area contributed by atoms with Gasteiger partial charge in [0, 0.05) is 38.8 Å². The number of imidazole rings is 1. The van der Waals surface area contributed by atoms with Crippen molar-refractivity contribution in [3.63, 3.8) is 0 Å². The number of rotatable bonds is 22. The van der Waals surface area contributed by atoms with E-state index in [0.29, 0.717) is 31.8 Å². The highest BCUT2D eigenvalue weighted by Gasteiger charge is 2.37. The highest BCUT2D eigenvalue weighted by Crippen LogP contribution is 2.38. The number of primary amides is 1. The van der Waals surface area contributed by atoms with Gasteiger partial charge in [-0.15, -0.1) is 6.58 Å². The third-order valence-electron chi connectivity index (χ3n) is 8.37. The zero-order valence-corrected chi connectivity index (χ0v) is 30.9. The Bertz CT molecular complexity index is 1470. The van der Waals surface area contributed by atoms with Crippen LogP contribution in [0, 0.1) is 5.92 Å². The largest absolute Gasteiger partial charge is 0.469 e. The van der Waals surface area contributed by atoms with Crippen molar-refractivity contribution in [2.24, 2.45) is 11.7 Å². The van der Waals surface area contributed by atoms with Crippen molar-refractivity contribution in [3.8, 4) is 0 Å². The number of carbonyl (C=O) groups excluding carboxylic acids is 6. The van der Waals surface area contributed by atoms with Crippen molar-refractivity contribution in [2.45, 2.75) is 115 Å². The number of aliphatic hydroxyl groups is 1. The Kier molecular flexibility index (Phi) is 17.6. The molecule has 0 bridgehead atoms. The van der Waals surface area contributed by atoms with E-state index in [-0.39, 0.29) is 24.7 Å². The maximum atomic E-state index is 13.8. The number of aromatic nitrogens is 2. The number of amides is 6. The van der Waals surface area contributed by atoms with Crippen LogP contribution in [-0.4, -0.2) is 114 Å². The molecular formula is C32H53N8O11P. The Hall–Kier alpha value is -4.16. The van der Waals surface area contributed by atoms with Crippen molar-refractivity contribution in [3.05, 3.63) is 30.9 Å². The van der Waals surface area contributed by atoms with E-state index in [4.69, 9.17) is 15.5 Å². The summed E-state index contributed by atoms with van der Waals surface area (Å²) >= 11 is 0.